The summed E-state index contributed by atoms with van der Waals surface area (Å²) in [7, 11) is 0. The van der Waals surface area contributed by atoms with E-state index in [0.29, 0.717) is 11.7 Å². The van der Waals surface area contributed by atoms with Gasteiger partial charge in [0.05, 0.1) is 6.61 Å². The Morgan fingerprint density at radius 3 is 2.79 bits per heavy atom. The van der Waals surface area contributed by atoms with Gasteiger partial charge in [0, 0.05) is 19.2 Å². The number of rotatable bonds is 5. The second kappa shape index (κ2) is 5.78. The van der Waals surface area contributed by atoms with E-state index in [0.717, 1.165) is 18.8 Å². The molecule has 0 unspecified atom stereocenters. The van der Waals surface area contributed by atoms with Crippen molar-refractivity contribution in [2.45, 2.75) is 13.3 Å². The number of hydrogen-bond donors (Lipinski definition) is 1. The molecule has 0 fully saturated rings. The third-order valence-corrected chi connectivity index (χ3v) is 2.01. The van der Waals surface area contributed by atoms with Gasteiger partial charge in [-0.3, -0.25) is 0 Å². The van der Waals surface area contributed by atoms with Crippen molar-refractivity contribution >= 4 is 17.4 Å². The van der Waals surface area contributed by atoms with Crippen LogP contribution in [0.2, 0.25) is 5.15 Å². The zero-order valence-corrected chi connectivity index (χ0v) is 8.91. The van der Waals surface area contributed by atoms with E-state index in [1.165, 1.54) is 6.33 Å². The van der Waals surface area contributed by atoms with Gasteiger partial charge in [-0.2, -0.15) is 0 Å². The van der Waals surface area contributed by atoms with Gasteiger partial charge in [-0.15, -0.1) is 0 Å². The van der Waals surface area contributed by atoms with Crippen molar-refractivity contribution in [1.29, 1.82) is 0 Å². The van der Waals surface area contributed by atoms with Gasteiger partial charge < -0.3 is 10.0 Å². The Kier molecular flexibility index (Phi) is 4.62. The molecular formula is C9H14ClN3O. The number of anilines is 1. The molecule has 5 heteroatoms. The second-order valence-corrected chi connectivity index (χ2v) is 3.30. The fraction of sp³-hybridized carbons (Fsp3) is 0.556. The van der Waals surface area contributed by atoms with Crippen LogP contribution in [-0.2, 0) is 0 Å². The minimum atomic E-state index is 0.113. The molecule has 0 aliphatic carbocycles. The molecule has 78 valence electrons. The highest BCUT2D eigenvalue weighted by atomic mass is 35.5. The van der Waals surface area contributed by atoms with Crippen molar-refractivity contribution in [3.8, 4) is 0 Å². The standard InChI is InChI=1S/C9H14ClN3O/c1-2-3-13(4-5-14)9-6-8(10)11-7-12-9/h6-7,14H,2-5H2,1H3. The molecule has 1 aromatic heterocycles. The Morgan fingerprint density at radius 1 is 1.43 bits per heavy atom. The molecule has 0 radical (unpaired) electrons. The molecule has 0 saturated carbocycles. The third-order valence-electron chi connectivity index (χ3n) is 1.81. The van der Waals surface area contributed by atoms with Crippen LogP contribution in [0, 0.1) is 0 Å². The summed E-state index contributed by atoms with van der Waals surface area (Å²) in [4.78, 5) is 9.88. The average Bonchev–Trinajstić information content (AvgIpc) is 2.17. The first-order valence-corrected chi connectivity index (χ1v) is 4.99. The molecule has 0 saturated heterocycles. The van der Waals surface area contributed by atoms with E-state index < -0.39 is 0 Å². The van der Waals surface area contributed by atoms with Gasteiger partial charge in [0.15, 0.2) is 0 Å². The number of nitrogens with zero attached hydrogens (tertiary/aromatic N) is 3. The average molecular weight is 216 g/mol. The van der Waals surface area contributed by atoms with Gasteiger partial charge in [-0.25, -0.2) is 9.97 Å². The SMILES string of the molecule is CCCN(CCO)c1cc(Cl)ncn1. The lowest BCUT2D eigenvalue weighted by atomic mass is 10.4. The van der Waals surface area contributed by atoms with Crippen molar-refractivity contribution in [2.75, 3.05) is 24.6 Å². The molecule has 1 aromatic rings. The van der Waals surface area contributed by atoms with E-state index in [1.54, 1.807) is 6.07 Å². The normalized spacial score (nSPS) is 10.2. The zero-order chi connectivity index (χ0) is 10.4. The minimum Gasteiger partial charge on any atom is -0.395 e. The number of halogens is 1. The summed E-state index contributed by atoms with van der Waals surface area (Å²) in [5.41, 5.74) is 0. The number of aliphatic hydroxyl groups is 1. The number of aromatic nitrogens is 2. The van der Waals surface area contributed by atoms with Crippen molar-refractivity contribution in [3.63, 3.8) is 0 Å². The van der Waals surface area contributed by atoms with Crippen molar-refractivity contribution in [2.24, 2.45) is 0 Å². The predicted octanol–water partition coefficient (Wildman–Crippen LogP) is 1.34. The molecule has 0 amide bonds. The summed E-state index contributed by atoms with van der Waals surface area (Å²) >= 11 is 5.75. The first-order chi connectivity index (χ1) is 6.77. The van der Waals surface area contributed by atoms with Crippen LogP contribution >= 0.6 is 11.6 Å². The van der Waals surface area contributed by atoms with E-state index >= 15 is 0 Å². The summed E-state index contributed by atoms with van der Waals surface area (Å²) in [5, 5.41) is 9.30. The predicted molar refractivity (Wildman–Crippen MR) is 56.6 cm³/mol. The van der Waals surface area contributed by atoms with E-state index in [9.17, 15) is 0 Å². The molecule has 0 aliphatic rings. The van der Waals surface area contributed by atoms with Gasteiger partial charge in [0.2, 0.25) is 0 Å². The second-order valence-electron chi connectivity index (χ2n) is 2.91. The Morgan fingerprint density at radius 2 is 2.21 bits per heavy atom. The topological polar surface area (TPSA) is 49.2 Å². The number of hydrogen-bond acceptors (Lipinski definition) is 4. The molecule has 4 nitrogen and oxygen atoms in total. The van der Waals surface area contributed by atoms with Crippen LogP contribution in [0.25, 0.3) is 0 Å². The van der Waals surface area contributed by atoms with Crippen LogP contribution in [0.3, 0.4) is 0 Å². The molecule has 0 aromatic carbocycles. The van der Waals surface area contributed by atoms with Crippen LogP contribution in [0.4, 0.5) is 5.82 Å². The highest BCUT2D eigenvalue weighted by molar-refractivity contribution is 6.29. The van der Waals surface area contributed by atoms with E-state index in [-0.39, 0.29) is 6.61 Å². The molecule has 0 aliphatic heterocycles. The summed E-state index contributed by atoms with van der Waals surface area (Å²) in [6.07, 6.45) is 2.43. The Bertz CT molecular complexity index is 277. The van der Waals surface area contributed by atoms with Crippen LogP contribution in [0.5, 0.6) is 0 Å². The maximum absolute atomic E-state index is 8.88. The maximum Gasteiger partial charge on any atom is 0.134 e. The smallest absolute Gasteiger partial charge is 0.134 e. The van der Waals surface area contributed by atoms with Gasteiger partial charge in [0.1, 0.15) is 17.3 Å². The highest BCUT2D eigenvalue weighted by Gasteiger charge is 2.06. The molecule has 1 rings (SSSR count). The quantitative estimate of drug-likeness (QED) is 0.754. The first kappa shape index (κ1) is 11.2. The Hall–Kier alpha value is -0.870. The summed E-state index contributed by atoms with van der Waals surface area (Å²) in [6, 6.07) is 1.70. The van der Waals surface area contributed by atoms with Crippen molar-refractivity contribution in [1.82, 2.24) is 9.97 Å². The lowest BCUT2D eigenvalue weighted by molar-refractivity contribution is 0.301. The van der Waals surface area contributed by atoms with Gasteiger partial charge in [-0.05, 0) is 6.42 Å². The maximum atomic E-state index is 8.88. The Labute approximate surface area is 88.6 Å². The molecule has 0 atom stereocenters. The lowest BCUT2D eigenvalue weighted by Crippen LogP contribution is -2.28. The Balaban J connectivity index is 2.75. The third kappa shape index (κ3) is 3.12. The fourth-order valence-electron chi connectivity index (χ4n) is 1.23. The largest absolute Gasteiger partial charge is 0.395 e. The molecule has 14 heavy (non-hydrogen) atoms. The molecule has 1 N–H and O–H groups in total. The first-order valence-electron chi connectivity index (χ1n) is 4.61. The van der Waals surface area contributed by atoms with Gasteiger partial charge in [0.25, 0.3) is 0 Å². The highest BCUT2D eigenvalue weighted by Crippen LogP contribution is 2.13. The van der Waals surface area contributed by atoms with E-state index in [1.807, 2.05) is 4.90 Å². The monoisotopic (exact) mass is 215 g/mol. The van der Waals surface area contributed by atoms with Crippen LogP contribution in [0.1, 0.15) is 13.3 Å². The number of aliphatic hydroxyl groups excluding tert-OH is 1. The molecule has 0 spiro atoms. The fourth-order valence-corrected chi connectivity index (χ4v) is 1.37. The lowest BCUT2D eigenvalue weighted by Gasteiger charge is -2.21. The van der Waals surface area contributed by atoms with E-state index in [4.69, 9.17) is 16.7 Å². The van der Waals surface area contributed by atoms with Crippen LogP contribution in [0.15, 0.2) is 12.4 Å². The molecule has 0 bridgehead atoms. The van der Waals surface area contributed by atoms with Gasteiger partial charge >= 0.3 is 0 Å². The van der Waals surface area contributed by atoms with Gasteiger partial charge in [-0.1, -0.05) is 18.5 Å². The summed E-state index contributed by atoms with van der Waals surface area (Å²) < 4.78 is 0. The zero-order valence-electron chi connectivity index (χ0n) is 8.15. The van der Waals surface area contributed by atoms with Crippen LogP contribution in [-0.4, -0.2) is 34.8 Å². The summed E-state index contributed by atoms with van der Waals surface area (Å²) in [5.74, 6) is 0.765. The van der Waals surface area contributed by atoms with Crippen molar-refractivity contribution in [3.05, 3.63) is 17.5 Å². The minimum absolute atomic E-state index is 0.113. The van der Waals surface area contributed by atoms with Crippen LogP contribution < -0.4 is 4.90 Å². The molecule has 1 heterocycles. The summed E-state index contributed by atoms with van der Waals surface area (Å²) in [6.45, 7) is 3.61. The van der Waals surface area contributed by atoms with Crippen molar-refractivity contribution < 1.29 is 5.11 Å². The molecular weight excluding hydrogens is 202 g/mol. The van der Waals surface area contributed by atoms with E-state index in [2.05, 4.69) is 16.9 Å².